The molecule has 0 bridgehead atoms. The summed E-state index contributed by atoms with van der Waals surface area (Å²) in [5, 5.41) is 4.48. The monoisotopic (exact) mass is 336 g/mol. The molecule has 0 atom stereocenters. The zero-order valence-electron chi connectivity index (χ0n) is 14.7. The Labute approximate surface area is 146 Å². The van der Waals surface area contributed by atoms with E-state index < -0.39 is 0 Å². The van der Waals surface area contributed by atoms with Crippen LogP contribution in [0.3, 0.4) is 0 Å². The lowest BCUT2D eigenvalue weighted by Gasteiger charge is -2.09. The predicted octanol–water partition coefficient (Wildman–Crippen LogP) is 2.65. The summed E-state index contributed by atoms with van der Waals surface area (Å²) in [6.07, 6.45) is 0. The highest BCUT2D eigenvalue weighted by molar-refractivity contribution is 5.97. The van der Waals surface area contributed by atoms with Gasteiger partial charge in [-0.05, 0) is 45.9 Å². The molecule has 1 aromatic carbocycles. The van der Waals surface area contributed by atoms with Gasteiger partial charge in [-0.15, -0.1) is 0 Å². The first kappa shape index (κ1) is 16.6. The van der Waals surface area contributed by atoms with Crippen LogP contribution in [-0.2, 0) is 0 Å². The Morgan fingerprint density at radius 2 is 1.64 bits per heavy atom. The van der Waals surface area contributed by atoms with Gasteiger partial charge < -0.3 is 0 Å². The average molecular weight is 336 g/mol. The zero-order chi connectivity index (χ0) is 18.0. The van der Waals surface area contributed by atoms with Crippen molar-refractivity contribution in [3.63, 3.8) is 0 Å². The van der Waals surface area contributed by atoms with Crippen molar-refractivity contribution in [2.24, 2.45) is 0 Å². The van der Waals surface area contributed by atoms with Crippen LogP contribution in [-0.4, -0.2) is 25.7 Å². The number of nitrogens with one attached hydrogen (secondary N) is 2. The Hall–Kier alpha value is -3.22. The van der Waals surface area contributed by atoms with Gasteiger partial charge in [-0.3, -0.25) is 15.6 Å². The fraction of sp³-hybridized carbons (Fsp3) is 0.222. The Morgan fingerprint density at radius 1 is 1.00 bits per heavy atom. The van der Waals surface area contributed by atoms with Crippen molar-refractivity contribution in [2.75, 3.05) is 5.43 Å². The molecule has 7 nitrogen and oxygen atoms in total. The summed E-state index contributed by atoms with van der Waals surface area (Å²) >= 11 is 0. The van der Waals surface area contributed by atoms with Crippen molar-refractivity contribution in [2.45, 2.75) is 27.7 Å². The van der Waals surface area contributed by atoms with Gasteiger partial charge in [0.25, 0.3) is 5.91 Å². The fourth-order valence-corrected chi connectivity index (χ4v) is 2.75. The van der Waals surface area contributed by atoms with E-state index in [2.05, 4.69) is 25.9 Å². The quantitative estimate of drug-likeness (QED) is 0.716. The molecule has 0 aliphatic rings. The molecule has 0 fully saturated rings. The normalized spacial score (nSPS) is 10.6. The predicted molar refractivity (Wildman–Crippen MR) is 95.6 cm³/mol. The first-order valence-corrected chi connectivity index (χ1v) is 7.96. The molecular weight excluding hydrogens is 316 g/mol. The van der Waals surface area contributed by atoms with E-state index in [0.717, 1.165) is 22.8 Å². The number of nitrogens with zero attached hydrogens (tertiary/aromatic N) is 4. The van der Waals surface area contributed by atoms with E-state index in [1.807, 2.05) is 64.1 Å². The molecule has 0 aliphatic carbocycles. The second-order valence-electron chi connectivity index (χ2n) is 5.85. The number of hydrogen-bond donors (Lipinski definition) is 2. The number of hydrogen-bond acceptors (Lipinski definition) is 5. The van der Waals surface area contributed by atoms with Crippen LogP contribution >= 0.6 is 0 Å². The van der Waals surface area contributed by atoms with Crippen molar-refractivity contribution < 1.29 is 4.79 Å². The van der Waals surface area contributed by atoms with Crippen LogP contribution in [0.25, 0.3) is 5.69 Å². The third-order valence-corrected chi connectivity index (χ3v) is 3.79. The Morgan fingerprint density at radius 3 is 2.28 bits per heavy atom. The van der Waals surface area contributed by atoms with Crippen molar-refractivity contribution in [3.8, 4) is 5.69 Å². The topological polar surface area (TPSA) is 84.7 Å². The SMILES string of the molecule is Cc1cc(C)nc(NNC(=O)c2c(C)nn(-c3ccccc3)c2C)n1. The molecule has 0 saturated carbocycles. The van der Waals surface area contributed by atoms with E-state index in [1.54, 1.807) is 4.68 Å². The van der Waals surface area contributed by atoms with Crippen molar-refractivity contribution in [3.05, 3.63) is 64.7 Å². The summed E-state index contributed by atoms with van der Waals surface area (Å²) in [6, 6.07) is 11.6. The van der Waals surface area contributed by atoms with E-state index in [9.17, 15) is 4.79 Å². The van der Waals surface area contributed by atoms with Crippen LogP contribution in [0.2, 0.25) is 0 Å². The highest BCUT2D eigenvalue weighted by Crippen LogP contribution is 2.17. The van der Waals surface area contributed by atoms with Gasteiger partial charge in [-0.25, -0.2) is 14.6 Å². The zero-order valence-corrected chi connectivity index (χ0v) is 14.7. The number of carbonyl (C=O) groups is 1. The highest BCUT2D eigenvalue weighted by Gasteiger charge is 2.19. The smallest absolute Gasteiger partial charge is 0.267 e. The van der Waals surface area contributed by atoms with Crippen LogP contribution in [0.1, 0.15) is 33.1 Å². The van der Waals surface area contributed by atoms with E-state index in [-0.39, 0.29) is 5.91 Å². The number of para-hydroxylation sites is 1. The third kappa shape index (κ3) is 3.50. The van der Waals surface area contributed by atoms with Gasteiger partial charge in [0.2, 0.25) is 5.95 Å². The van der Waals surface area contributed by atoms with Gasteiger partial charge in [0, 0.05) is 11.4 Å². The lowest BCUT2D eigenvalue weighted by molar-refractivity contribution is 0.0961. The van der Waals surface area contributed by atoms with Crippen molar-refractivity contribution in [1.29, 1.82) is 0 Å². The van der Waals surface area contributed by atoms with Crippen molar-refractivity contribution in [1.82, 2.24) is 25.2 Å². The van der Waals surface area contributed by atoms with Gasteiger partial charge in [0.05, 0.1) is 22.6 Å². The molecule has 3 rings (SSSR count). The maximum atomic E-state index is 12.6. The molecule has 0 radical (unpaired) electrons. The number of rotatable bonds is 4. The van der Waals surface area contributed by atoms with Gasteiger partial charge in [-0.2, -0.15) is 5.10 Å². The molecule has 25 heavy (non-hydrogen) atoms. The van der Waals surface area contributed by atoms with Gasteiger partial charge in [-0.1, -0.05) is 18.2 Å². The average Bonchev–Trinajstić information content (AvgIpc) is 2.87. The Bertz CT molecular complexity index is 897. The van der Waals surface area contributed by atoms with Crippen LogP contribution in [0, 0.1) is 27.7 Å². The summed E-state index contributed by atoms with van der Waals surface area (Å²) in [5.41, 5.74) is 9.93. The number of carbonyl (C=O) groups excluding carboxylic acids is 1. The maximum absolute atomic E-state index is 12.6. The number of aromatic nitrogens is 4. The van der Waals surface area contributed by atoms with Crippen LogP contribution in [0.4, 0.5) is 5.95 Å². The molecule has 2 heterocycles. The first-order chi connectivity index (χ1) is 12.0. The van der Waals surface area contributed by atoms with Gasteiger partial charge >= 0.3 is 0 Å². The molecule has 0 unspecified atom stereocenters. The largest absolute Gasteiger partial charge is 0.273 e. The van der Waals surface area contributed by atoms with E-state index in [1.165, 1.54) is 0 Å². The number of aryl methyl sites for hydroxylation is 3. The van der Waals surface area contributed by atoms with E-state index in [0.29, 0.717) is 17.2 Å². The molecule has 0 aliphatic heterocycles. The Balaban J connectivity index is 1.82. The third-order valence-electron chi connectivity index (χ3n) is 3.79. The second-order valence-corrected chi connectivity index (χ2v) is 5.85. The number of hydrazine groups is 1. The molecule has 3 aromatic rings. The lowest BCUT2D eigenvalue weighted by atomic mass is 10.2. The standard InChI is InChI=1S/C18H20N6O/c1-11-10-12(2)20-18(19-11)22-21-17(25)16-13(3)23-24(14(16)4)15-8-6-5-7-9-15/h5-10H,1-4H3,(H,21,25)(H,19,20,22). The highest BCUT2D eigenvalue weighted by atomic mass is 16.2. The van der Waals surface area contributed by atoms with Gasteiger partial charge in [0.15, 0.2) is 0 Å². The Kier molecular flexibility index (Phi) is 4.47. The maximum Gasteiger partial charge on any atom is 0.273 e. The molecule has 0 spiro atoms. The summed E-state index contributed by atoms with van der Waals surface area (Å²) in [6.45, 7) is 7.43. The number of benzene rings is 1. The molecule has 7 heteroatoms. The minimum Gasteiger partial charge on any atom is -0.267 e. The van der Waals surface area contributed by atoms with Crippen molar-refractivity contribution >= 4 is 11.9 Å². The second kappa shape index (κ2) is 6.72. The van der Waals surface area contributed by atoms with Crippen LogP contribution in [0.5, 0.6) is 0 Å². The lowest BCUT2D eigenvalue weighted by Crippen LogP contribution is -2.31. The summed E-state index contributed by atoms with van der Waals surface area (Å²) < 4.78 is 1.76. The first-order valence-electron chi connectivity index (χ1n) is 7.96. The molecule has 2 N–H and O–H groups in total. The van der Waals surface area contributed by atoms with E-state index in [4.69, 9.17) is 0 Å². The van der Waals surface area contributed by atoms with E-state index >= 15 is 0 Å². The van der Waals surface area contributed by atoms with Gasteiger partial charge in [0.1, 0.15) is 0 Å². The molecular formula is C18H20N6O. The number of amides is 1. The number of anilines is 1. The molecule has 0 saturated heterocycles. The summed E-state index contributed by atoms with van der Waals surface area (Å²) in [4.78, 5) is 21.1. The summed E-state index contributed by atoms with van der Waals surface area (Å²) in [7, 11) is 0. The van der Waals surface area contributed by atoms with Crippen LogP contribution < -0.4 is 10.9 Å². The minimum atomic E-state index is -0.278. The summed E-state index contributed by atoms with van der Waals surface area (Å²) in [5.74, 6) is 0.0801. The molecule has 1 amide bonds. The molecule has 128 valence electrons. The minimum absolute atomic E-state index is 0.278. The fourth-order valence-electron chi connectivity index (χ4n) is 2.75. The molecule has 2 aromatic heterocycles. The van der Waals surface area contributed by atoms with Crippen LogP contribution in [0.15, 0.2) is 36.4 Å².